The molecule has 2 aliphatic heterocycles. The number of benzene rings is 1. The summed E-state index contributed by atoms with van der Waals surface area (Å²) < 4.78 is 0. The first-order valence-electron chi connectivity index (χ1n) is 10.2. The van der Waals surface area contributed by atoms with E-state index in [4.69, 9.17) is 17.3 Å². The number of aromatic amines is 1. The maximum Gasteiger partial charge on any atom is 0.224 e. The van der Waals surface area contributed by atoms with E-state index >= 15 is 0 Å². The third-order valence-electron chi connectivity index (χ3n) is 6.04. The smallest absolute Gasteiger partial charge is 0.224 e. The molecule has 9 nitrogen and oxygen atoms in total. The van der Waals surface area contributed by atoms with Crippen molar-refractivity contribution < 1.29 is 5.11 Å². The Morgan fingerprint density at radius 3 is 2.63 bits per heavy atom. The normalized spacial score (nSPS) is 23.5. The molecule has 2 saturated heterocycles. The third-order valence-corrected chi connectivity index (χ3v) is 6.29. The molecule has 2 aliphatic rings. The molecule has 4 heterocycles. The Morgan fingerprint density at radius 1 is 1.10 bits per heavy atom. The first-order valence-corrected chi connectivity index (χ1v) is 10.5. The Balaban J connectivity index is 1.23. The zero-order valence-electron chi connectivity index (χ0n) is 16.6. The van der Waals surface area contributed by atoms with Gasteiger partial charge >= 0.3 is 0 Å². The lowest BCUT2D eigenvalue weighted by Crippen LogP contribution is -2.53. The average molecular weight is 429 g/mol. The zero-order chi connectivity index (χ0) is 20.7. The molecule has 30 heavy (non-hydrogen) atoms. The van der Waals surface area contributed by atoms with Gasteiger partial charge in [-0.25, -0.2) is 4.98 Å². The van der Waals surface area contributed by atoms with Crippen molar-refractivity contribution >= 4 is 34.5 Å². The highest BCUT2D eigenvalue weighted by Gasteiger charge is 2.38. The van der Waals surface area contributed by atoms with Gasteiger partial charge in [0.05, 0.1) is 18.5 Å². The van der Waals surface area contributed by atoms with E-state index in [1.165, 1.54) is 5.56 Å². The second kappa shape index (κ2) is 7.99. The van der Waals surface area contributed by atoms with E-state index in [9.17, 15) is 5.11 Å². The fraction of sp³-hybridized carbons (Fsp3) is 0.450. The van der Waals surface area contributed by atoms with Crippen LogP contribution in [0.4, 0.5) is 11.8 Å². The lowest BCUT2D eigenvalue weighted by Gasteiger charge is -2.38. The SMILES string of the molecule is Nc1nc(N2C[C@@H](O)[C@H](N3CCN(Cc4ccc(Cl)cc4)CC3)C2)c2[nH]cnc2n1. The molecular formula is C20H25ClN8O. The van der Waals surface area contributed by atoms with Crippen LogP contribution in [0.15, 0.2) is 30.6 Å². The molecule has 5 rings (SSSR count). The number of aliphatic hydroxyl groups is 1. The number of imidazole rings is 1. The summed E-state index contributed by atoms with van der Waals surface area (Å²) in [5, 5.41) is 11.5. The van der Waals surface area contributed by atoms with Crippen LogP contribution >= 0.6 is 11.6 Å². The Kier molecular flexibility index (Phi) is 5.20. The number of aromatic nitrogens is 4. The summed E-state index contributed by atoms with van der Waals surface area (Å²) in [6.07, 6.45) is 1.15. The van der Waals surface area contributed by atoms with E-state index in [0.29, 0.717) is 24.6 Å². The number of β-amino-alcohol motifs (C(OH)–C–C–N with tert-alkyl or cyclic N) is 1. The minimum Gasteiger partial charge on any atom is -0.390 e. The second-order valence-electron chi connectivity index (χ2n) is 7.98. The largest absolute Gasteiger partial charge is 0.390 e. The number of fused-ring (bicyclic) bond motifs is 1. The van der Waals surface area contributed by atoms with Gasteiger partial charge in [-0.1, -0.05) is 23.7 Å². The van der Waals surface area contributed by atoms with Crippen molar-refractivity contribution in [3.63, 3.8) is 0 Å². The van der Waals surface area contributed by atoms with Gasteiger partial charge in [-0.05, 0) is 17.7 Å². The van der Waals surface area contributed by atoms with E-state index in [1.54, 1.807) is 6.33 Å². The van der Waals surface area contributed by atoms with Crippen molar-refractivity contribution in [2.45, 2.75) is 18.7 Å². The summed E-state index contributed by atoms with van der Waals surface area (Å²) in [6, 6.07) is 8.10. The van der Waals surface area contributed by atoms with Crippen LogP contribution in [-0.4, -0.2) is 86.3 Å². The third kappa shape index (κ3) is 3.81. The number of nitrogens with two attached hydrogens (primary N) is 1. The van der Waals surface area contributed by atoms with Crippen molar-refractivity contribution in [2.24, 2.45) is 0 Å². The molecule has 0 unspecified atom stereocenters. The number of anilines is 2. The minimum atomic E-state index is -0.443. The molecule has 1 aromatic carbocycles. The first kappa shape index (κ1) is 19.5. The highest BCUT2D eigenvalue weighted by atomic mass is 35.5. The number of aliphatic hydroxyl groups excluding tert-OH is 1. The molecule has 2 atom stereocenters. The van der Waals surface area contributed by atoms with E-state index in [-0.39, 0.29) is 12.0 Å². The summed E-state index contributed by atoms with van der Waals surface area (Å²) >= 11 is 5.98. The number of piperazine rings is 1. The zero-order valence-corrected chi connectivity index (χ0v) is 17.3. The van der Waals surface area contributed by atoms with Crippen LogP contribution < -0.4 is 10.6 Å². The molecule has 4 N–H and O–H groups in total. The Hall–Kier alpha value is -2.46. The lowest BCUT2D eigenvalue weighted by atomic mass is 10.1. The van der Waals surface area contributed by atoms with E-state index < -0.39 is 6.10 Å². The van der Waals surface area contributed by atoms with Crippen molar-refractivity contribution in [2.75, 3.05) is 49.9 Å². The molecular weight excluding hydrogens is 404 g/mol. The van der Waals surface area contributed by atoms with E-state index in [2.05, 4.69) is 46.8 Å². The molecule has 158 valence electrons. The lowest BCUT2D eigenvalue weighted by molar-refractivity contribution is 0.0424. The topological polar surface area (TPSA) is 110 Å². The first-order chi connectivity index (χ1) is 14.6. The van der Waals surface area contributed by atoms with Crippen molar-refractivity contribution in [1.82, 2.24) is 29.7 Å². The summed E-state index contributed by atoms with van der Waals surface area (Å²) in [5.41, 5.74) is 8.43. The van der Waals surface area contributed by atoms with Crippen LogP contribution in [0.2, 0.25) is 5.02 Å². The van der Waals surface area contributed by atoms with Gasteiger partial charge in [0.15, 0.2) is 11.5 Å². The molecule has 0 amide bonds. The molecule has 0 bridgehead atoms. The van der Waals surface area contributed by atoms with E-state index in [1.807, 2.05) is 12.1 Å². The molecule has 0 aliphatic carbocycles. The average Bonchev–Trinajstić information content (AvgIpc) is 3.36. The predicted octanol–water partition coefficient (Wildman–Crippen LogP) is 0.956. The Bertz CT molecular complexity index is 1020. The monoisotopic (exact) mass is 428 g/mol. The van der Waals surface area contributed by atoms with Gasteiger partial charge in [-0.3, -0.25) is 9.80 Å². The van der Waals surface area contributed by atoms with Crippen LogP contribution in [0.1, 0.15) is 5.56 Å². The Morgan fingerprint density at radius 2 is 1.87 bits per heavy atom. The van der Waals surface area contributed by atoms with Crippen LogP contribution in [0.3, 0.4) is 0 Å². The summed E-state index contributed by atoms with van der Waals surface area (Å²) in [7, 11) is 0. The maximum absolute atomic E-state index is 10.8. The van der Waals surface area contributed by atoms with E-state index in [0.717, 1.165) is 43.3 Å². The van der Waals surface area contributed by atoms with Crippen molar-refractivity contribution in [3.8, 4) is 0 Å². The molecule has 10 heteroatoms. The molecule has 3 aromatic rings. The molecule has 0 radical (unpaired) electrons. The number of halogens is 1. The Labute approximate surface area is 179 Å². The molecule has 0 spiro atoms. The van der Waals surface area contributed by atoms with Crippen molar-refractivity contribution in [1.29, 1.82) is 0 Å². The number of rotatable bonds is 4. The minimum absolute atomic E-state index is 0.0665. The molecule has 2 fully saturated rings. The number of H-pyrrole nitrogens is 1. The van der Waals surface area contributed by atoms with Crippen LogP contribution in [0, 0.1) is 0 Å². The van der Waals surface area contributed by atoms with Crippen LogP contribution in [0.5, 0.6) is 0 Å². The number of hydrogen-bond donors (Lipinski definition) is 3. The second-order valence-corrected chi connectivity index (χ2v) is 8.42. The van der Waals surface area contributed by atoms with Gasteiger partial charge < -0.3 is 20.7 Å². The van der Waals surface area contributed by atoms with Gasteiger partial charge in [0.2, 0.25) is 5.95 Å². The number of nitrogens with one attached hydrogen (secondary N) is 1. The highest BCUT2D eigenvalue weighted by Crippen LogP contribution is 2.28. The maximum atomic E-state index is 10.8. The summed E-state index contributed by atoms with van der Waals surface area (Å²) in [4.78, 5) is 22.7. The predicted molar refractivity (Wildman–Crippen MR) is 116 cm³/mol. The standard InChI is InChI=1S/C20H25ClN8O/c21-14-3-1-13(2-4-14)9-27-5-7-28(8-6-27)15-10-29(11-16(15)30)19-17-18(24-12-23-17)25-20(22)26-19/h1-4,12,15-16,30H,5-11H2,(H3,22,23,24,25,26)/t15-,16-/m1/s1. The summed E-state index contributed by atoms with van der Waals surface area (Å²) in [6.45, 7) is 5.92. The van der Waals surface area contributed by atoms with Crippen LogP contribution in [0.25, 0.3) is 11.2 Å². The molecule has 2 aromatic heterocycles. The van der Waals surface area contributed by atoms with Gasteiger partial charge in [0.25, 0.3) is 0 Å². The fourth-order valence-corrected chi connectivity index (χ4v) is 4.59. The van der Waals surface area contributed by atoms with Gasteiger partial charge in [0.1, 0.15) is 5.52 Å². The summed E-state index contributed by atoms with van der Waals surface area (Å²) in [5.74, 6) is 0.899. The van der Waals surface area contributed by atoms with Crippen molar-refractivity contribution in [3.05, 3.63) is 41.2 Å². The van der Waals surface area contributed by atoms with Gasteiger partial charge in [-0.15, -0.1) is 0 Å². The highest BCUT2D eigenvalue weighted by molar-refractivity contribution is 6.30. The van der Waals surface area contributed by atoms with Gasteiger partial charge in [0, 0.05) is 50.8 Å². The van der Waals surface area contributed by atoms with Crippen LogP contribution in [-0.2, 0) is 6.54 Å². The fourth-order valence-electron chi connectivity index (χ4n) is 4.47. The number of nitrogens with zero attached hydrogens (tertiary/aromatic N) is 6. The number of hydrogen-bond acceptors (Lipinski definition) is 8. The number of nitrogen functional groups attached to an aromatic ring is 1. The molecule has 0 saturated carbocycles. The van der Waals surface area contributed by atoms with Gasteiger partial charge in [-0.2, -0.15) is 9.97 Å². The quantitative estimate of drug-likeness (QED) is 0.563.